The lowest BCUT2D eigenvalue weighted by Gasteiger charge is -2.40. The van der Waals surface area contributed by atoms with Crippen LogP contribution < -0.4 is 5.73 Å². The molecule has 0 bridgehead atoms. The Hall–Kier alpha value is -0.0800. The molecule has 0 radical (unpaired) electrons. The minimum Gasteiger partial charge on any atom is -0.376 e. The minimum absolute atomic E-state index is 0.0178. The Morgan fingerprint density at radius 2 is 2.06 bits per heavy atom. The van der Waals surface area contributed by atoms with Crippen molar-refractivity contribution in [3.63, 3.8) is 0 Å². The summed E-state index contributed by atoms with van der Waals surface area (Å²) in [5.41, 5.74) is 6.34. The van der Waals surface area contributed by atoms with E-state index in [1.54, 1.807) is 0 Å². The van der Waals surface area contributed by atoms with Crippen LogP contribution in [0.2, 0.25) is 0 Å². The molecule has 0 aromatic carbocycles. The summed E-state index contributed by atoms with van der Waals surface area (Å²) in [4.78, 5) is 0. The van der Waals surface area contributed by atoms with E-state index in [1.807, 2.05) is 0 Å². The topological polar surface area (TPSA) is 35.2 Å². The average molecular weight is 227 g/mol. The summed E-state index contributed by atoms with van der Waals surface area (Å²) >= 11 is 0. The SMILES string of the molecule is CC1CCCC(CN)(CCOC(C)(C)C)C1. The van der Waals surface area contributed by atoms with E-state index in [-0.39, 0.29) is 5.60 Å². The van der Waals surface area contributed by atoms with E-state index in [4.69, 9.17) is 10.5 Å². The van der Waals surface area contributed by atoms with Gasteiger partial charge in [-0.05, 0) is 57.9 Å². The van der Waals surface area contributed by atoms with Crippen LogP contribution in [0.3, 0.4) is 0 Å². The first-order valence-electron chi connectivity index (χ1n) is 6.71. The van der Waals surface area contributed by atoms with E-state index in [0.29, 0.717) is 5.41 Å². The van der Waals surface area contributed by atoms with E-state index >= 15 is 0 Å². The van der Waals surface area contributed by atoms with E-state index in [9.17, 15) is 0 Å². The fraction of sp³-hybridized carbons (Fsp3) is 1.00. The fourth-order valence-electron chi connectivity index (χ4n) is 2.86. The van der Waals surface area contributed by atoms with E-state index in [0.717, 1.165) is 25.5 Å². The molecule has 0 aromatic heterocycles. The number of ether oxygens (including phenoxy) is 1. The highest BCUT2D eigenvalue weighted by Gasteiger charge is 2.33. The van der Waals surface area contributed by atoms with Crippen molar-refractivity contribution < 1.29 is 4.74 Å². The molecule has 0 aliphatic heterocycles. The molecule has 0 amide bonds. The Kier molecular flexibility index (Phi) is 4.81. The summed E-state index contributed by atoms with van der Waals surface area (Å²) in [6, 6.07) is 0. The van der Waals surface area contributed by atoms with E-state index < -0.39 is 0 Å². The molecule has 96 valence electrons. The lowest BCUT2D eigenvalue weighted by molar-refractivity contribution is -0.0252. The molecular weight excluding hydrogens is 198 g/mol. The average Bonchev–Trinajstić information content (AvgIpc) is 2.16. The van der Waals surface area contributed by atoms with Gasteiger partial charge in [0.05, 0.1) is 5.60 Å². The fourth-order valence-corrected chi connectivity index (χ4v) is 2.86. The monoisotopic (exact) mass is 227 g/mol. The van der Waals surface area contributed by atoms with Gasteiger partial charge in [-0.1, -0.05) is 19.8 Å². The van der Waals surface area contributed by atoms with Gasteiger partial charge < -0.3 is 10.5 Å². The summed E-state index contributed by atoms with van der Waals surface area (Å²) in [5.74, 6) is 0.840. The number of hydrogen-bond acceptors (Lipinski definition) is 2. The summed E-state index contributed by atoms with van der Waals surface area (Å²) in [5, 5.41) is 0. The first kappa shape index (κ1) is 14.0. The summed E-state index contributed by atoms with van der Waals surface area (Å²) in [6.45, 7) is 10.4. The third-order valence-electron chi connectivity index (χ3n) is 3.79. The highest BCUT2D eigenvalue weighted by atomic mass is 16.5. The molecule has 1 aliphatic carbocycles. The second kappa shape index (κ2) is 5.50. The predicted octanol–water partition coefficient (Wildman–Crippen LogP) is 3.35. The van der Waals surface area contributed by atoms with Gasteiger partial charge in [0.15, 0.2) is 0 Å². The second-order valence-corrected chi connectivity index (χ2v) is 6.62. The van der Waals surface area contributed by atoms with E-state index in [1.165, 1.54) is 25.7 Å². The van der Waals surface area contributed by atoms with Crippen molar-refractivity contribution in [3.05, 3.63) is 0 Å². The van der Waals surface area contributed by atoms with Crippen molar-refractivity contribution in [1.29, 1.82) is 0 Å². The molecule has 2 nitrogen and oxygen atoms in total. The Balaban J connectivity index is 2.41. The van der Waals surface area contributed by atoms with Gasteiger partial charge in [0.2, 0.25) is 0 Å². The largest absolute Gasteiger partial charge is 0.376 e. The molecule has 0 spiro atoms. The maximum Gasteiger partial charge on any atom is 0.0598 e. The van der Waals surface area contributed by atoms with Gasteiger partial charge in [-0.15, -0.1) is 0 Å². The second-order valence-electron chi connectivity index (χ2n) is 6.62. The van der Waals surface area contributed by atoms with Crippen LogP contribution in [0.15, 0.2) is 0 Å². The van der Waals surface area contributed by atoms with Gasteiger partial charge in [0, 0.05) is 6.61 Å². The molecule has 2 heteroatoms. The molecule has 2 unspecified atom stereocenters. The third kappa shape index (κ3) is 4.42. The van der Waals surface area contributed by atoms with Gasteiger partial charge in [-0.2, -0.15) is 0 Å². The Bertz CT molecular complexity index is 209. The maximum absolute atomic E-state index is 5.99. The smallest absolute Gasteiger partial charge is 0.0598 e. The highest BCUT2D eigenvalue weighted by molar-refractivity contribution is 4.86. The third-order valence-corrected chi connectivity index (χ3v) is 3.79. The predicted molar refractivity (Wildman–Crippen MR) is 69.4 cm³/mol. The maximum atomic E-state index is 5.99. The number of hydrogen-bond donors (Lipinski definition) is 1. The lowest BCUT2D eigenvalue weighted by atomic mass is 9.68. The van der Waals surface area contributed by atoms with Crippen LogP contribution >= 0.6 is 0 Å². The molecule has 2 N–H and O–H groups in total. The molecule has 0 heterocycles. The van der Waals surface area contributed by atoms with Crippen molar-refractivity contribution in [1.82, 2.24) is 0 Å². The van der Waals surface area contributed by atoms with Gasteiger partial charge in [-0.25, -0.2) is 0 Å². The van der Waals surface area contributed by atoms with Crippen LogP contribution in [0, 0.1) is 11.3 Å². The summed E-state index contributed by atoms with van der Waals surface area (Å²) < 4.78 is 5.84. The standard InChI is InChI=1S/C14H29NO/c1-12-6-5-7-14(10-12,11-15)8-9-16-13(2,3)4/h12H,5-11,15H2,1-4H3. The van der Waals surface area contributed by atoms with Gasteiger partial charge in [0.25, 0.3) is 0 Å². The Labute approximate surface area is 101 Å². The molecular formula is C14H29NO. The number of rotatable bonds is 4. The van der Waals surface area contributed by atoms with Crippen LogP contribution in [0.5, 0.6) is 0 Å². The van der Waals surface area contributed by atoms with Crippen molar-refractivity contribution in [2.24, 2.45) is 17.1 Å². The first-order chi connectivity index (χ1) is 7.37. The Morgan fingerprint density at radius 3 is 2.56 bits per heavy atom. The Morgan fingerprint density at radius 1 is 1.38 bits per heavy atom. The van der Waals surface area contributed by atoms with Gasteiger partial charge >= 0.3 is 0 Å². The molecule has 0 saturated heterocycles. The molecule has 2 atom stereocenters. The normalized spacial score (nSPS) is 31.7. The van der Waals surface area contributed by atoms with Crippen molar-refractivity contribution in [2.75, 3.05) is 13.2 Å². The molecule has 1 fully saturated rings. The molecule has 1 aliphatic rings. The zero-order valence-electron chi connectivity index (χ0n) is 11.5. The zero-order valence-corrected chi connectivity index (χ0v) is 11.5. The minimum atomic E-state index is -0.0178. The lowest BCUT2D eigenvalue weighted by Crippen LogP contribution is -2.37. The van der Waals surface area contributed by atoms with Crippen LogP contribution in [0.1, 0.15) is 59.8 Å². The number of nitrogens with two attached hydrogens (primary N) is 1. The summed E-state index contributed by atoms with van der Waals surface area (Å²) in [6.07, 6.45) is 6.43. The van der Waals surface area contributed by atoms with Crippen LogP contribution in [-0.4, -0.2) is 18.8 Å². The van der Waals surface area contributed by atoms with Crippen molar-refractivity contribution in [2.45, 2.75) is 65.4 Å². The van der Waals surface area contributed by atoms with Gasteiger partial charge in [-0.3, -0.25) is 0 Å². The van der Waals surface area contributed by atoms with Crippen molar-refractivity contribution >= 4 is 0 Å². The highest BCUT2D eigenvalue weighted by Crippen LogP contribution is 2.41. The van der Waals surface area contributed by atoms with Crippen LogP contribution in [-0.2, 0) is 4.74 Å². The molecule has 1 rings (SSSR count). The molecule has 0 aromatic rings. The molecule has 16 heavy (non-hydrogen) atoms. The van der Waals surface area contributed by atoms with Crippen LogP contribution in [0.25, 0.3) is 0 Å². The zero-order chi connectivity index (χ0) is 12.2. The summed E-state index contributed by atoms with van der Waals surface area (Å²) in [7, 11) is 0. The molecule has 1 saturated carbocycles. The quantitative estimate of drug-likeness (QED) is 0.799. The van der Waals surface area contributed by atoms with Crippen LogP contribution in [0.4, 0.5) is 0 Å². The van der Waals surface area contributed by atoms with E-state index in [2.05, 4.69) is 27.7 Å². The van der Waals surface area contributed by atoms with Gasteiger partial charge in [0.1, 0.15) is 0 Å². The van der Waals surface area contributed by atoms with Crippen molar-refractivity contribution in [3.8, 4) is 0 Å². The first-order valence-corrected chi connectivity index (χ1v) is 6.71.